The number of benzene rings is 3. The van der Waals surface area contributed by atoms with Crippen LogP contribution in [-0.4, -0.2) is 35.9 Å². The minimum Gasteiger partial charge on any atom is -0.483 e. The molecule has 0 fully saturated rings. The summed E-state index contributed by atoms with van der Waals surface area (Å²) in [4.78, 5) is 28.8. The van der Waals surface area contributed by atoms with Crippen LogP contribution in [0.15, 0.2) is 66.7 Å². The maximum Gasteiger partial charge on any atom is 0.261 e. The average molecular weight is 521 g/mol. The highest BCUT2D eigenvalue weighted by molar-refractivity contribution is 6.30. The summed E-state index contributed by atoms with van der Waals surface area (Å²) in [6.07, 6.45) is 2.24. The molecule has 2 amide bonds. The van der Waals surface area contributed by atoms with Crippen LogP contribution in [0.25, 0.3) is 0 Å². The maximum atomic E-state index is 13.7. The van der Waals surface area contributed by atoms with E-state index in [-0.39, 0.29) is 25.0 Å². The fourth-order valence-electron chi connectivity index (χ4n) is 4.27. The summed E-state index contributed by atoms with van der Waals surface area (Å²) >= 11 is 6.25. The lowest BCUT2D eigenvalue weighted by Crippen LogP contribution is -2.51. The number of carbonyl (C=O) groups excluding carboxylic acids is 2. The smallest absolute Gasteiger partial charge is 0.261 e. The van der Waals surface area contributed by atoms with E-state index in [4.69, 9.17) is 16.3 Å². The summed E-state index contributed by atoms with van der Waals surface area (Å²) in [7, 11) is 0. The van der Waals surface area contributed by atoms with E-state index in [0.29, 0.717) is 23.7 Å². The molecule has 0 aliphatic rings. The van der Waals surface area contributed by atoms with Gasteiger partial charge in [0.25, 0.3) is 5.91 Å². The Morgan fingerprint density at radius 3 is 2.41 bits per heavy atom. The van der Waals surface area contributed by atoms with Crippen molar-refractivity contribution in [3.63, 3.8) is 0 Å². The normalized spacial score (nSPS) is 11.6. The standard InChI is InChI=1S/C31H37ClN2O3/c1-5-6-15-33-31(36)28(19-25-11-8-7-9-12-25)34(20-26-13-10-14-27(32)18-26)30(35)21-37-29-17-22(2)16-23(3)24(29)4/h7-14,16-18,28H,5-6,15,19-21H2,1-4H3,(H,33,36)/t28-/m0/s1. The minimum atomic E-state index is -0.699. The molecule has 1 N–H and O–H groups in total. The van der Waals surface area contributed by atoms with Crippen LogP contribution in [0.5, 0.6) is 5.75 Å². The molecule has 0 heterocycles. The van der Waals surface area contributed by atoms with E-state index in [2.05, 4.69) is 18.3 Å². The molecule has 0 saturated heterocycles. The second kappa shape index (κ2) is 13.8. The summed E-state index contributed by atoms with van der Waals surface area (Å²) in [6.45, 7) is 8.73. The van der Waals surface area contributed by atoms with Crippen molar-refractivity contribution in [3.05, 3.63) is 99.6 Å². The Hall–Kier alpha value is -3.31. The van der Waals surface area contributed by atoms with Crippen molar-refractivity contribution >= 4 is 23.4 Å². The Kier molecular flexibility index (Phi) is 10.6. The highest BCUT2D eigenvalue weighted by atomic mass is 35.5. The van der Waals surface area contributed by atoms with Gasteiger partial charge in [-0.1, -0.05) is 73.5 Å². The van der Waals surface area contributed by atoms with Crippen LogP contribution in [-0.2, 0) is 22.6 Å². The van der Waals surface area contributed by atoms with Gasteiger partial charge in [0, 0.05) is 24.5 Å². The van der Waals surface area contributed by atoms with E-state index >= 15 is 0 Å². The Labute approximate surface area is 225 Å². The minimum absolute atomic E-state index is 0.169. The highest BCUT2D eigenvalue weighted by Gasteiger charge is 2.30. The van der Waals surface area contributed by atoms with Gasteiger partial charge < -0.3 is 15.0 Å². The molecule has 5 nitrogen and oxygen atoms in total. The Morgan fingerprint density at radius 1 is 0.973 bits per heavy atom. The van der Waals surface area contributed by atoms with Gasteiger partial charge in [-0.15, -0.1) is 0 Å². The van der Waals surface area contributed by atoms with Gasteiger partial charge in [-0.3, -0.25) is 9.59 Å². The summed E-state index contributed by atoms with van der Waals surface area (Å²) in [6, 6.07) is 20.5. The first-order valence-electron chi connectivity index (χ1n) is 12.8. The van der Waals surface area contributed by atoms with Gasteiger partial charge in [-0.2, -0.15) is 0 Å². The van der Waals surface area contributed by atoms with E-state index in [1.54, 1.807) is 11.0 Å². The molecule has 37 heavy (non-hydrogen) atoms. The molecule has 1 atom stereocenters. The summed E-state index contributed by atoms with van der Waals surface area (Å²) < 4.78 is 6.03. The van der Waals surface area contributed by atoms with Crippen molar-refractivity contribution in [2.45, 2.75) is 59.5 Å². The molecule has 3 aromatic rings. The highest BCUT2D eigenvalue weighted by Crippen LogP contribution is 2.24. The van der Waals surface area contributed by atoms with Gasteiger partial charge in [-0.05, 0) is 73.2 Å². The fraction of sp³-hybridized carbons (Fsp3) is 0.355. The number of ether oxygens (including phenoxy) is 1. The lowest BCUT2D eigenvalue weighted by molar-refractivity contribution is -0.142. The van der Waals surface area contributed by atoms with Crippen molar-refractivity contribution < 1.29 is 14.3 Å². The van der Waals surface area contributed by atoms with Gasteiger partial charge in [0.15, 0.2) is 6.61 Å². The van der Waals surface area contributed by atoms with Gasteiger partial charge in [0.05, 0.1) is 0 Å². The number of carbonyl (C=O) groups is 2. The molecule has 0 radical (unpaired) electrons. The van der Waals surface area contributed by atoms with Gasteiger partial charge in [0.2, 0.25) is 5.91 Å². The quantitative estimate of drug-likeness (QED) is 0.289. The Bertz CT molecular complexity index is 1200. The second-order valence-electron chi connectivity index (χ2n) is 9.50. The predicted molar refractivity (Wildman–Crippen MR) is 150 cm³/mol. The number of hydrogen-bond acceptors (Lipinski definition) is 3. The van der Waals surface area contributed by atoms with Crippen LogP contribution in [0.2, 0.25) is 5.02 Å². The van der Waals surface area contributed by atoms with E-state index in [9.17, 15) is 9.59 Å². The molecule has 0 bridgehead atoms. The lowest BCUT2D eigenvalue weighted by Gasteiger charge is -2.31. The third kappa shape index (κ3) is 8.36. The monoisotopic (exact) mass is 520 g/mol. The van der Waals surface area contributed by atoms with Crippen molar-refractivity contribution in [1.29, 1.82) is 0 Å². The summed E-state index contributed by atoms with van der Waals surface area (Å²) in [5.74, 6) is 0.251. The molecule has 0 aliphatic heterocycles. The second-order valence-corrected chi connectivity index (χ2v) is 9.93. The van der Waals surface area contributed by atoms with Crippen LogP contribution in [0.1, 0.15) is 47.6 Å². The maximum absolute atomic E-state index is 13.7. The first kappa shape index (κ1) is 28.3. The van der Waals surface area contributed by atoms with E-state index in [1.807, 2.05) is 75.4 Å². The number of rotatable bonds is 12. The summed E-state index contributed by atoms with van der Waals surface area (Å²) in [5.41, 5.74) is 5.00. The topological polar surface area (TPSA) is 58.6 Å². The molecule has 0 aromatic heterocycles. The van der Waals surface area contributed by atoms with Crippen molar-refractivity contribution in [2.24, 2.45) is 0 Å². The van der Waals surface area contributed by atoms with Crippen LogP contribution in [0.4, 0.5) is 0 Å². The Balaban J connectivity index is 1.92. The molecule has 0 spiro atoms. The van der Waals surface area contributed by atoms with Crippen molar-refractivity contribution in [1.82, 2.24) is 10.2 Å². The zero-order valence-corrected chi connectivity index (χ0v) is 23.0. The van der Waals surface area contributed by atoms with Crippen LogP contribution in [0.3, 0.4) is 0 Å². The molecular weight excluding hydrogens is 484 g/mol. The third-order valence-corrected chi connectivity index (χ3v) is 6.69. The zero-order chi connectivity index (χ0) is 26.8. The number of nitrogens with one attached hydrogen (secondary N) is 1. The average Bonchev–Trinajstić information content (AvgIpc) is 2.88. The van der Waals surface area contributed by atoms with E-state index in [0.717, 1.165) is 40.7 Å². The molecule has 3 rings (SSSR count). The molecule has 0 aliphatic carbocycles. The first-order valence-corrected chi connectivity index (χ1v) is 13.2. The SMILES string of the molecule is CCCCNC(=O)[C@H](Cc1ccccc1)N(Cc1cccc(Cl)c1)C(=O)COc1cc(C)cc(C)c1C. The number of unbranched alkanes of at least 4 members (excludes halogenated alkanes) is 1. The molecule has 196 valence electrons. The van der Waals surface area contributed by atoms with Crippen molar-refractivity contribution in [3.8, 4) is 5.75 Å². The van der Waals surface area contributed by atoms with Crippen LogP contribution >= 0.6 is 11.6 Å². The zero-order valence-electron chi connectivity index (χ0n) is 22.2. The molecule has 0 unspecified atom stereocenters. The predicted octanol–water partition coefficient (Wildman–Crippen LogP) is 6.20. The van der Waals surface area contributed by atoms with Crippen molar-refractivity contribution in [2.75, 3.05) is 13.2 Å². The summed E-state index contributed by atoms with van der Waals surface area (Å²) in [5, 5.41) is 3.62. The van der Waals surface area contributed by atoms with Crippen LogP contribution in [0, 0.1) is 20.8 Å². The largest absolute Gasteiger partial charge is 0.483 e. The van der Waals surface area contributed by atoms with Gasteiger partial charge in [-0.25, -0.2) is 0 Å². The number of halogens is 1. The molecule has 3 aromatic carbocycles. The molecular formula is C31H37ClN2O3. The molecule has 6 heteroatoms. The number of hydrogen-bond donors (Lipinski definition) is 1. The van der Waals surface area contributed by atoms with Gasteiger partial charge >= 0.3 is 0 Å². The number of amides is 2. The fourth-order valence-corrected chi connectivity index (χ4v) is 4.48. The van der Waals surface area contributed by atoms with Gasteiger partial charge in [0.1, 0.15) is 11.8 Å². The number of nitrogens with zero attached hydrogens (tertiary/aromatic N) is 1. The van der Waals surface area contributed by atoms with E-state index < -0.39 is 6.04 Å². The first-order chi connectivity index (χ1) is 17.8. The number of aryl methyl sites for hydroxylation is 2. The third-order valence-electron chi connectivity index (χ3n) is 6.46. The van der Waals surface area contributed by atoms with Crippen LogP contribution < -0.4 is 10.1 Å². The lowest BCUT2D eigenvalue weighted by atomic mass is 10.0. The molecule has 0 saturated carbocycles. The van der Waals surface area contributed by atoms with E-state index in [1.165, 1.54) is 0 Å². The Morgan fingerprint density at radius 2 is 1.70 bits per heavy atom.